The van der Waals surface area contributed by atoms with Crippen molar-refractivity contribution in [2.24, 2.45) is 0 Å². The first kappa shape index (κ1) is 13.7. The average molecular weight is 287 g/mol. The number of rotatable bonds is 4. The molecule has 0 radical (unpaired) electrons. The summed E-state index contributed by atoms with van der Waals surface area (Å²) in [5.41, 5.74) is 3.02. The molecule has 1 heterocycles. The largest absolute Gasteiger partial charge is 0.496 e. The topological polar surface area (TPSA) is 30.5 Å². The Morgan fingerprint density at radius 3 is 2.95 bits per heavy atom. The van der Waals surface area contributed by atoms with Gasteiger partial charge in [0, 0.05) is 12.1 Å². The molecule has 0 unspecified atom stereocenters. The molecule has 0 aromatic heterocycles. The second-order valence-electron chi connectivity index (χ2n) is 5.07. The molecule has 0 aliphatic carbocycles. The minimum absolute atomic E-state index is 0.277. The van der Waals surface area contributed by atoms with Gasteiger partial charge in [-0.1, -0.05) is 12.1 Å². The molecule has 110 valence electrons. The third kappa shape index (κ3) is 2.94. The van der Waals surface area contributed by atoms with Crippen molar-refractivity contribution in [3.8, 4) is 11.5 Å². The van der Waals surface area contributed by atoms with E-state index in [2.05, 4.69) is 11.4 Å². The van der Waals surface area contributed by atoms with Gasteiger partial charge in [-0.15, -0.1) is 0 Å². The van der Waals surface area contributed by atoms with E-state index < -0.39 is 0 Å². The molecule has 21 heavy (non-hydrogen) atoms. The summed E-state index contributed by atoms with van der Waals surface area (Å²) < 4.78 is 24.5. The number of hydrogen-bond acceptors (Lipinski definition) is 3. The van der Waals surface area contributed by atoms with Crippen LogP contribution >= 0.6 is 0 Å². The zero-order valence-electron chi connectivity index (χ0n) is 12.0. The first-order chi connectivity index (χ1) is 10.3. The van der Waals surface area contributed by atoms with Crippen LogP contribution in [0.15, 0.2) is 36.4 Å². The fourth-order valence-corrected chi connectivity index (χ4v) is 2.61. The number of methoxy groups -OCH3 is 1. The van der Waals surface area contributed by atoms with Crippen LogP contribution in [0.4, 0.5) is 10.1 Å². The summed E-state index contributed by atoms with van der Waals surface area (Å²) in [6.07, 6.45) is 2.19. The molecule has 0 spiro atoms. The molecule has 0 bridgehead atoms. The van der Waals surface area contributed by atoms with Crippen LogP contribution in [0.2, 0.25) is 0 Å². The van der Waals surface area contributed by atoms with Crippen molar-refractivity contribution in [2.45, 2.75) is 19.4 Å². The lowest BCUT2D eigenvalue weighted by molar-refractivity contribution is 0.296. The molecule has 1 aliphatic rings. The van der Waals surface area contributed by atoms with Crippen LogP contribution in [0.3, 0.4) is 0 Å². The van der Waals surface area contributed by atoms with Gasteiger partial charge in [-0.25, -0.2) is 4.39 Å². The monoisotopic (exact) mass is 287 g/mol. The van der Waals surface area contributed by atoms with Gasteiger partial charge in [0.15, 0.2) is 0 Å². The van der Waals surface area contributed by atoms with E-state index in [1.165, 1.54) is 17.7 Å². The van der Waals surface area contributed by atoms with Gasteiger partial charge in [0.1, 0.15) is 23.9 Å². The van der Waals surface area contributed by atoms with Crippen molar-refractivity contribution in [2.75, 3.05) is 19.0 Å². The Hall–Kier alpha value is -2.23. The predicted octanol–water partition coefficient (Wildman–Crippen LogP) is 3.77. The van der Waals surface area contributed by atoms with Gasteiger partial charge >= 0.3 is 0 Å². The second kappa shape index (κ2) is 6.04. The van der Waals surface area contributed by atoms with E-state index >= 15 is 0 Å². The molecule has 3 rings (SSSR count). The number of ether oxygens (including phenoxy) is 2. The Morgan fingerprint density at radius 2 is 2.10 bits per heavy atom. The highest BCUT2D eigenvalue weighted by Gasteiger charge is 2.14. The van der Waals surface area contributed by atoms with Gasteiger partial charge in [-0.2, -0.15) is 0 Å². The molecule has 0 fully saturated rings. The Balaban J connectivity index is 1.81. The zero-order chi connectivity index (χ0) is 14.7. The summed E-state index contributed by atoms with van der Waals surface area (Å²) in [4.78, 5) is 0. The molecule has 1 aliphatic heterocycles. The van der Waals surface area contributed by atoms with Crippen molar-refractivity contribution in [1.29, 1.82) is 0 Å². The van der Waals surface area contributed by atoms with E-state index in [0.29, 0.717) is 11.3 Å². The van der Waals surface area contributed by atoms with Crippen LogP contribution in [0.1, 0.15) is 17.5 Å². The summed E-state index contributed by atoms with van der Waals surface area (Å²) >= 11 is 0. The Labute approximate surface area is 123 Å². The highest BCUT2D eigenvalue weighted by Crippen LogP contribution is 2.33. The summed E-state index contributed by atoms with van der Waals surface area (Å²) in [7, 11) is 1.57. The number of para-hydroxylation sites is 1. The maximum absolute atomic E-state index is 13.4. The van der Waals surface area contributed by atoms with Crippen LogP contribution < -0.4 is 14.8 Å². The first-order valence-electron chi connectivity index (χ1n) is 7.09. The van der Waals surface area contributed by atoms with Crippen LogP contribution in [0.25, 0.3) is 0 Å². The Bertz CT molecular complexity index is 643. The maximum Gasteiger partial charge on any atom is 0.143 e. The molecular formula is C17H18FNO2. The van der Waals surface area contributed by atoms with Gasteiger partial charge in [0.2, 0.25) is 0 Å². The molecule has 0 amide bonds. The van der Waals surface area contributed by atoms with E-state index in [1.807, 2.05) is 12.1 Å². The fraction of sp³-hybridized carbons (Fsp3) is 0.294. The summed E-state index contributed by atoms with van der Waals surface area (Å²) in [5, 5.41) is 3.38. The van der Waals surface area contributed by atoms with E-state index in [-0.39, 0.29) is 12.4 Å². The molecule has 3 nitrogen and oxygen atoms in total. The summed E-state index contributed by atoms with van der Waals surface area (Å²) in [5.74, 6) is 1.15. The zero-order valence-corrected chi connectivity index (χ0v) is 12.0. The normalized spacial score (nSPS) is 13.2. The van der Waals surface area contributed by atoms with Crippen molar-refractivity contribution < 1.29 is 13.9 Å². The SMILES string of the molecule is COc1ccc(F)cc1COc1cccc2c1NCCC2. The second-order valence-corrected chi connectivity index (χ2v) is 5.07. The minimum Gasteiger partial charge on any atom is -0.496 e. The standard InChI is InChI=1S/C17H18FNO2/c1-20-15-8-7-14(18)10-13(15)11-21-16-6-2-4-12-5-3-9-19-17(12)16/h2,4,6-8,10,19H,3,5,9,11H2,1H3. The molecule has 0 saturated carbocycles. The molecule has 2 aromatic carbocycles. The fourth-order valence-electron chi connectivity index (χ4n) is 2.61. The van der Waals surface area contributed by atoms with Gasteiger partial charge in [-0.3, -0.25) is 0 Å². The lowest BCUT2D eigenvalue weighted by atomic mass is 10.0. The minimum atomic E-state index is -0.289. The summed E-state index contributed by atoms with van der Waals surface area (Å²) in [6, 6.07) is 10.5. The van der Waals surface area contributed by atoms with Crippen LogP contribution in [-0.4, -0.2) is 13.7 Å². The molecule has 0 saturated heterocycles. The third-order valence-electron chi connectivity index (χ3n) is 3.66. The van der Waals surface area contributed by atoms with Crippen molar-refractivity contribution in [3.63, 3.8) is 0 Å². The predicted molar refractivity (Wildman–Crippen MR) is 80.5 cm³/mol. The van der Waals surface area contributed by atoms with Crippen LogP contribution in [0, 0.1) is 5.82 Å². The molecule has 1 N–H and O–H groups in total. The van der Waals surface area contributed by atoms with E-state index in [4.69, 9.17) is 9.47 Å². The summed E-state index contributed by atoms with van der Waals surface area (Å²) in [6.45, 7) is 1.23. The molecular weight excluding hydrogens is 269 g/mol. The number of nitrogens with one attached hydrogen (secondary N) is 1. The van der Waals surface area contributed by atoms with Crippen molar-refractivity contribution >= 4 is 5.69 Å². The number of hydrogen-bond donors (Lipinski definition) is 1. The maximum atomic E-state index is 13.4. The average Bonchev–Trinajstić information content (AvgIpc) is 2.53. The number of halogens is 1. The van der Waals surface area contributed by atoms with E-state index in [1.54, 1.807) is 13.2 Å². The lowest BCUT2D eigenvalue weighted by Gasteiger charge is -2.21. The Morgan fingerprint density at radius 1 is 1.19 bits per heavy atom. The number of benzene rings is 2. The highest BCUT2D eigenvalue weighted by atomic mass is 19.1. The van der Waals surface area contributed by atoms with Gasteiger partial charge in [0.05, 0.1) is 12.8 Å². The van der Waals surface area contributed by atoms with Gasteiger partial charge in [-0.05, 0) is 42.7 Å². The Kier molecular flexibility index (Phi) is 3.95. The quantitative estimate of drug-likeness (QED) is 0.928. The number of anilines is 1. The molecule has 0 atom stereocenters. The van der Waals surface area contributed by atoms with E-state index in [9.17, 15) is 4.39 Å². The van der Waals surface area contributed by atoms with Crippen molar-refractivity contribution in [1.82, 2.24) is 0 Å². The number of aryl methyl sites for hydroxylation is 1. The number of fused-ring (bicyclic) bond motifs is 1. The smallest absolute Gasteiger partial charge is 0.143 e. The third-order valence-corrected chi connectivity index (χ3v) is 3.66. The van der Waals surface area contributed by atoms with E-state index in [0.717, 1.165) is 30.8 Å². The first-order valence-corrected chi connectivity index (χ1v) is 7.09. The molecule has 4 heteroatoms. The molecule has 2 aromatic rings. The van der Waals surface area contributed by atoms with Crippen LogP contribution in [-0.2, 0) is 13.0 Å². The van der Waals surface area contributed by atoms with Crippen molar-refractivity contribution in [3.05, 3.63) is 53.3 Å². The highest BCUT2D eigenvalue weighted by molar-refractivity contribution is 5.63. The van der Waals surface area contributed by atoms with Gasteiger partial charge in [0.25, 0.3) is 0 Å². The lowest BCUT2D eigenvalue weighted by Crippen LogP contribution is -2.13. The van der Waals surface area contributed by atoms with Crippen LogP contribution in [0.5, 0.6) is 11.5 Å². The van der Waals surface area contributed by atoms with Gasteiger partial charge < -0.3 is 14.8 Å².